The number of carbonyl (C=O) groups excluding carboxylic acids is 2. The zero-order chi connectivity index (χ0) is 12.7. The predicted octanol–water partition coefficient (Wildman–Crippen LogP) is 2.97. The van der Waals surface area contributed by atoms with Crippen LogP contribution in [0.15, 0.2) is 0 Å². The van der Waals surface area contributed by atoms with Crippen LogP contribution in [0.25, 0.3) is 0 Å². The minimum absolute atomic E-state index is 0.193. The topological polar surface area (TPSA) is 43.4 Å². The third-order valence-electron chi connectivity index (χ3n) is 3.82. The molecule has 0 spiro atoms. The molecule has 3 heteroatoms. The van der Waals surface area contributed by atoms with Gasteiger partial charge in [-0.25, -0.2) is 0 Å². The first kappa shape index (κ1) is 14.2. The van der Waals surface area contributed by atoms with E-state index in [1.54, 1.807) is 0 Å². The zero-order valence-corrected chi connectivity index (χ0v) is 11.0. The number of carbonyl (C=O) groups is 2. The fourth-order valence-corrected chi connectivity index (χ4v) is 2.52. The second-order valence-electron chi connectivity index (χ2n) is 5.34. The lowest BCUT2D eigenvalue weighted by atomic mass is 9.70. The van der Waals surface area contributed by atoms with E-state index in [0.29, 0.717) is 18.4 Å². The molecule has 0 saturated heterocycles. The van der Waals surface area contributed by atoms with E-state index in [9.17, 15) is 9.59 Å². The van der Waals surface area contributed by atoms with Gasteiger partial charge in [-0.05, 0) is 37.0 Å². The molecule has 0 heterocycles. The molecule has 3 atom stereocenters. The summed E-state index contributed by atoms with van der Waals surface area (Å²) in [6, 6.07) is 0. The van der Waals surface area contributed by atoms with Crippen molar-refractivity contribution in [1.82, 2.24) is 0 Å². The molecule has 0 bridgehead atoms. The highest BCUT2D eigenvalue weighted by molar-refractivity contribution is 5.65. The van der Waals surface area contributed by atoms with Gasteiger partial charge in [0.05, 0.1) is 6.61 Å². The lowest BCUT2D eigenvalue weighted by Crippen LogP contribution is -2.26. The number of hydrogen-bond donors (Lipinski definition) is 0. The van der Waals surface area contributed by atoms with Gasteiger partial charge in [-0.15, -0.1) is 0 Å². The van der Waals surface area contributed by atoms with Crippen molar-refractivity contribution in [3.05, 3.63) is 0 Å². The van der Waals surface area contributed by atoms with Crippen molar-refractivity contribution in [2.45, 2.75) is 52.4 Å². The molecule has 1 saturated carbocycles. The van der Waals surface area contributed by atoms with Gasteiger partial charge in [-0.3, -0.25) is 4.79 Å². The molecule has 0 aromatic rings. The van der Waals surface area contributed by atoms with Gasteiger partial charge in [-0.1, -0.05) is 19.8 Å². The molecule has 0 radical (unpaired) electrons. The summed E-state index contributed by atoms with van der Waals surface area (Å²) in [5, 5.41) is 0. The highest BCUT2D eigenvalue weighted by atomic mass is 16.5. The largest absolute Gasteiger partial charge is 0.466 e. The van der Waals surface area contributed by atoms with E-state index in [4.69, 9.17) is 4.74 Å². The van der Waals surface area contributed by atoms with Crippen LogP contribution in [0, 0.1) is 17.8 Å². The second kappa shape index (κ2) is 7.46. The molecule has 0 amide bonds. The Kier molecular flexibility index (Phi) is 6.23. The summed E-state index contributed by atoms with van der Waals surface area (Å²) < 4.78 is 4.98. The van der Waals surface area contributed by atoms with Crippen LogP contribution in [-0.4, -0.2) is 18.9 Å². The quantitative estimate of drug-likeness (QED) is 0.484. The summed E-state index contributed by atoms with van der Waals surface area (Å²) in [5.74, 6) is 1.67. The third kappa shape index (κ3) is 5.33. The highest BCUT2D eigenvalue weighted by Gasteiger charge is 2.29. The van der Waals surface area contributed by atoms with Crippen molar-refractivity contribution < 1.29 is 14.3 Å². The molecule has 0 unspecified atom stereocenters. The Hall–Kier alpha value is -0.860. The lowest BCUT2D eigenvalue weighted by Gasteiger charge is -2.35. The second-order valence-corrected chi connectivity index (χ2v) is 5.34. The molecule has 1 aliphatic rings. The average Bonchev–Trinajstić information content (AvgIpc) is 2.27. The SMILES string of the molecule is CC(=O)OC[C@@H](C)CCC[C@@H]1CC[C@H]1CC=O. The van der Waals surface area contributed by atoms with Crippen LogP contribution in [0.2, 0.25) is 0 Å². The fourth-order valence-electron chi connectivity index (χ4n) is 2.52. The van der Waals surface area contributed by atoms with E-state index < -0.39 is 0 Å². The van der Waals surface area contributed by atoms with Crippen LogP contribution in [0.5, 0.6) is 0 Å². The van der Waals surface area contributed by atoms with Gasteiger partial charge in [0.2, 0.25) is 0 Å². The van der Waals surface area contributed by atoms with Crippen molar-refractivity contribution in [2.75, 3.05) is 6.61 Å². The summed E-state index contributed by atoms with van der Waals surface area (Å²) in [6.07, 6.45) is 7.83. The molecule has 0 aliphatic heterocycles. The summed E-state index contributed by atoms with van der Waals surface area (Å²) in [7, 11) is 0. The van der Waals surface area contributed by atoms with Gasteiger partial charge in [-0.2, -0.15) is 0 Å². The van der Waals surface area contributed by atoms with Gasteiger partial charge in [0, 0.05) is 13.3 Å². The maximum absolute atomic E-state index is 10.6. The van der Waals surface area contributed by atoms with Crippen molar-refractivity contribution in [3.63, 3.8) is 0 Å². The molecular weight excluding hydrogens is 216 g/mol. The van der Waals surface area contributed by atoms with Crippen LogP contribution in [0.4, 0.5) is 0 Å². The summed E-state index contributed by atoms with van der Waals surface area (Å²) in [6.45, 7) is 4.11. The summed E-state index contributed by atoms with van der Waals surface area (Å²) >= 11 is 0. The minimum atomic E-state index is -0.193. The van der Waals surface area contributed by atoms with Crippen LogP contribution in [0.1, 0.15) is 52.4 Å². The van der Waals surface area contributed by atoms with E-state index in [1.165, 1.54) is 32.6 Å². The van der Waals surface area contributed by atoms with E-state index in [1.807, 2.05) is 0 Å². The summed E-state index contributed by atoms with van der Waals surface area (Å²) in [5.41, 5.74) is 0. The van der Waals surface area contributed by atoms with Crippen molar-refractivity contribution in [2.24, 2.45) is 17.8 Å². The van der Waals surface area contributed by atoms with Gasteiger partial charge in [0.25, 0.3) is 0 Å². The Morgan fingerprint density at radius 1 is 1.41 bits per heavy atom. The molecule has 1 aliphatic carbocycles. The Bertz CT molecular complexity index is 250. The average molecular weight is 240 g/mol. The van der Waals surface area contributed by atoms with Crippen molar-refractivity contribution in [3.8, 4) is 0 Å². The Morgan fingerprint density at radius 2 is 2.12 bits per heavy atom. The van der Waals surface area contributed by atoms with Gasteiger partial charge < -0.3 is 9.53 Å². The molecule has 0 aromatic heterocycles. The van der Waals surface area contributed by atoms with Gasteiger partial charge in [0.1, 0.15) is 6.29 Å². The molecule has 1 fully saturated rings. The van der Waals surface area contributed by atoms with E-state index in [2.05, 4.69) is 6.92 Å². The Labute approximate surface area is 104 Å². The van der Waals surface area contributed by atoms with Crippen LogP contribution in [-0.2, 0) is 14.3 Å². The third-order valence-corrected chi connectivity index (χ3v) is 3.82. The van der Waals surface area contributed by atoms with Gasteiger partial charge in [0.15, 0.2) is 0 Å². The molecule has 3 nitrogen and oxygen atoms in total. The number of rotatable bonds is 8. The van der Waals surface area contributed by atoms with Crippen LogP contribution >= 0.6 is 0 Å². The van der Waals surface area contributed by atoms with Crippen LogP contribution in [0.3, 0.4) is 0 Å². The Balaban J connectivity index is 2.03. The summed E-state index contributed by atoms with van der Waals surface area (Å²) in [4.78, 5) is 21.1. The maximum atomic E-state index is 10.6. The molecular formula is C14H24O3. The van der Waals surface area contributed by atoms with E-state index in [0.717, 1.165) is 25.0 Å². The minimum Gasteiger partial charge on any atom is -0.466 e. The molecule has 98 valence electrons. The van der Waals surface area contributed by atoms with Crippen molar-refractivity contribution in [1.29, 1.82) is 0 Å². The number of hydrogen-bond acceptors (Lipinski definition) is 3. The molecule has 0 N–H and O–H groups in total. The normalized spacial score (nSPS) is 24.8. The number of esters is 1. The van der Waals surface area contributed by atoms with Gasteiger partial charge >= 0.3 is 5.97 Å². The number of aldehydes is 1. The molecule has 17 heavy (non-hydrogen) atoms. The maximum Gasteiger partial charge on any atom is 0.302 e. The van der Waals surface area contributed by atoms with E-state index >= 15 is 0 Å². The van der Waals surface area contributed by atoms with E-state index in [-0.39, 0.29) is 5.97 Å². The first-order chi connectivity index (χ1) is 8.13. The first-order valence-corrected chi connectivity index (χ1v) is 6.70. The first-order valence-electron chi connectivity index (χ1n) is 6.70. The Morgan fingerprint density at radius 3 is 2.65 bits per heavy atom. The smallest absolute Gasteiger partial charge is 0.302 e. The zero-order valence-electron chi connectivity index (χ0n) is 11.0. The number of ether oxygens (including phenoxy) is 1. The van der Waals surface area contributed by atoms with Crippen molar-refractivity contribution >= 4 is 12.3 Å². The lowest BCUT2D eigenvalue weighted by molar-refractivity contribution is -0.142. The molecule has 0 aromatic carbocycles. The highest BCUT2D eigenvalue weighted by Crippen LogP contribution is 2.39. The monoisotopic (exact) mass is 240 g/mol. The fraction of sp³-hybridized carbons (Fsp3) is 0.857. The standard InChI is InChI=1S/C14H24O3/c1-11(10-17-12(2)16)4-3-5-13-6-7-14(13)8-9-15/h9,11,13-14H,3-8,10H2,1-2H3/t11-,13+,14-/m0/s1. The van der Waals surface area contributed by atoms with Crippen LogP contribution < -0.4 is 0 Å². The molecule has 1 rings (SSSR count). The predicted molar refractivity (Wildman–Crippen MR) is 66.5 cm³/mol.